The topological polar surface area (TPSA) is 86.3 Å². The van der Waals surface area contributed by atoms with Gasteiger partial charge in [0.2, 0.25) is 5.91 Å². The molecule has 10 heteroatoms. The lowest BCUT2D eigenvalue weighted by molar-refractivity contribution is -0.139. The van der Waals surface area contributed by atoms with Crippen molar-refractivity contribution < 1.29 is 18.0 Å². The van der Waals surface area contributed by atoms with Crippen molar-refractivity contribution in [3.63, 3.8) is 0 Å². The molecule has 0 saturated carbocycles. The summed E-state index contributed by atoms with van der Waals surface area (Å²) in [4.78, 5) is 31.2. The highest BCUT2D eigenvalue weighted by molar-refractivity contribution is 5.86. The zero-order chi connectivity index (χ0) is 21.5. The number of fused-ring (bicyclic) bond motifs is 2. The lowest BCUT2D eigenvalue weighted by atomic mass is 10.0. The van der Waals surface area contributed by atoms with Crippen molar-refractivity contribution in [1.29, 1.82) is 0 Å². The van der Waals surface area contributed by atoms with Crippen LogP contribution in [0.2, 0.25) is 0 Å². The second-order valence-electron chi connectivity index (χ2n) is 7.86. The van der Waals surface area contributed by atoms with Gasteiger partial charge in [0, 0.05) is 41.8 Å². The Morgan fingerprint density at radius 3 is 2.87 bits per heavy atom. The van der Waals surface area contributed by atoms with Gasteiger partial charge < -0.3 is 15.2 Å². The van der Waals surface area contributed by atoms with Gasteiger partial charge in [0.15, 0.2) is 5.82 Å². The number of hydrogen-bond acceptors (Lipinski definition) is 5. The minimum atomic E-state index is -4.45. The number of anilines is 1. The van der Waals surface area contributed by atoms with Crippen molar-refractivity contribution in [1.82, 2.24) is 20.3 Å². The lowest BCUT2D eigenvalue weighted by Gasteiger charge is -2.31. The molecule has 2 aliphatic rings. The van der Waals surface area contributed by atoms with Crippen LogP contribution in [0.25, 0.3) is 5.57 Å². The van der Waals surface area contributed by atoms with Crippen molar-refractivity contribution in [2.45, 2.75) is 38.9 Å². The average molecular weight is 420 g/mol. The maximum Gasteiger partial charge on any atom is 0.405 e. The second kappa shape index (κ2) is 7.73. The van der Waals surface area contributed by atoms with Gasteiger partial charge in [-0.05, 0) is 24.8 Å². The molecule has 0 aromatic carbocycles. The van der Waals surface area contributed by atoms with Crippen LogP contribution in [0.4, 0.5) is 19.0 Å². The number of alkyl halides is 3. The molecular weight excluding hydrogens is 397 g/mol. The third-order valence-corrected chi connectivity index (χ3v) is 5.39. The number of nitrogens with one attached hydrogen (secondary N) is 2. The number of amides is 1. The number of hydrogen-bond donors (Lipinski definition) is 2. The highest BCUT2D eigenvalue weighted by Crippen LogP contribution is 2.31. The third kappa shape index (κ3) is 3.90. The maximum absolute atomic E-state index is 12.6. The van der Waals surface area contributed by atoms with Crippen molar-refractivity contribution >= 4 is 17.3 Å². The zero-order valence-electron chi connectivity index (χ0n) is 16.8. The fourth-order valence-electron chi connectivity index (χ4n) is 4.06. The molecule has 0 aliphatic carbocycles. The first-order chi connectivity index (χ1) is 14.2. The van der Waals surface area contributed by atoms with Crippen LogP contribution in [-0.2, 0) is 11.2 Å². The van der Waals surface area contributed by atoms with E-state index in [2.05, 4.69) is 15.0 Å². The fourth-order valence-corrected chi connectivity index (χ4v) is 4.06. The molecule has 0 saturated heterocycles. The van der Waals surface area contributed by atoms with Gasteiger partial charge in [-0.25, -0.2) is 9.97 Å². The summed E-state index contributed by atoms with van der Waals surface area (Å²) in [6.45, 7) is 3.43. The van der Waals surface area contributed by atoms with Gasteiger partial charge in [0.25, 0.3) is 0 Å². The minimum Gasteiger partial charge on any atom is -0.346 e. The van der Waals surface area contributed by atoms with Gasteiger partial charge in [-0.15, -0.1) is 0 Å². The van der Waals surface area contributed by atoms with Crippen LogP contribution in [-0.4, -0.2) is 52.7 Å². The van der Waals surface area contributed by atoms with E-state index in [-0.39, 0.29) is 5.92 Å². The third-order valence-electron chi connectivity index (χ3n) is 5.39. The number of carbonyl (C=O) groups excluding carboxylic acids is 1. The van der Waals surface area contributed by atoms with E-state index < -0.39 is 24.7 Å². The summed E-state index contributed by atoms with van der Waals surface area (Å²) in [6.07, 6.45) is 0.466. The van der Waals surface area contributed by atoms with Crippen LogP contribution in [0.5, 0.6) is 0 Å². The summed E-state index contributed by atoms with van der Waals surface area (Å²) in [6, 6.07) is 1.19. The highest BCUT2D eigenvalue weighted by Gasteiger charge is 2.37. The van der Waals surface area contributed by atoms with E-state index in [1.54, 1.807) is 6.20 Å². The molecule has 160 valence electrons. The van der Waals surface area contributed by atoms with Crippen molar-refractivity contribution in [3.05, 3.63) is 40.6 Å². The highest BCUT2D eigenvalue weighted by atomic mass is 19.4. The molecule has 4 heterocycles. The van der Waals surface area contributed by atoms with E-state index in [0.717, 1.165) is 21.8 Å². The van der Waals surface area contributed by atoms with Gasteiger partial charge in [-0.2, -0.15) is 13.2 Å². The monoisotopic (exact) mass is 420 g/mol. The first-order valence-corrected chi connectivity index (χ1v) is 9.93. The van der Waals surface area contributed by atoms with Crippen LogP contribution in [0.15, 0.2) is 23.5 Å². The van der Waals surface area contributed by atoms with Gasteiger partial charge >= 0.3 is 6.18 Å². The molecule has 0 unspecified atom stereocenters. The Morgan fingerprint density at radius 2 is 2.13 bits per heavy atom. The molecule has 0 spiro atoms. The molecule has 30 heavy (non-hydrogen) atoms. The number of halogens is 3. The van der Waals surface area contributed by atoms with E-state index in [1.165, 1.54) is 0 Å². The standard InChI is InChI=1S/C20H23F3N6O/c1-11(2)15(19(30)27-10-20(21,22)23)29-8-5-12-9-26-17(28-18(12)29)14-4-7-25-16-13(14)3-6-24-16/h3,6,9,11,15H,4-5,7-8,10H2,1-2H3,(H,24,25)(H,27,30)/t15-/m1/s1. The molecule has 2 aromatic rings. The quantitative estimate of drug-likeness (QED) is 0.759. The van der Waals surface area contributed by atoms with Crippen molar-refractivity contribution in [3.8, 4) is 0 Å². The summed E-state index contributed by atoms with van der Waals surface area (Å²) in [5.74, 6) is 0.343. The van der Waals surface area contributed by atoms with E-state index in [0.29, 0.717) is 37.6 Å². The zero-order valence-corrected chi connectivity index (χ0v) is 16.8. The van der Waals surface area contributed by atoms with E-state index in [9.17, 15) is 18.0 Å². The molecule has 2 aliphatic heterocycles. The van der Waals surface area contributed by atoms with Crippen molar-refractivity contribution in [2.75, 3.05) is 24.5 Å². The molecular formula is C20H23F3N6O. The summed E-state index contributed by atoms with van der Waals surface area (Å²) < 4.78 is 37.8. The molecule has 0 bridgehead atoms. The Hall–Kier alpha value is -2.91. The maximum atomic E-state index is 12.6. The predicted octanol–water partition coefficient (Wildman–Crippen LogP) is 1.09. The van der Waals surface area contributed by atoms with Gasteiger partial charge in [-0.1, -0.05) is 13.8 Å². The minimum absolute atomic E-state index is 0.194. The van der Waals surface area contributed by atoms with Crippen LogP contribution < -0.4 is 20.9 Å². The lowest BCUT2D eigenvalue weighted by Crippen LogP contribution is -2.51. The number of aromatic amines is 1. The van der Waals surface area contributed by atoms with Crippen LogP contribution in [0.3, 0.4) is 0 Å². The number of aromatic nitrogens is 3. The number of nitrogens with zero attached hydrogens (tertiary/aromatic N) is 4. The Kier molecular flexibility index (Phi) is 5.25. The SMILES string of the molecule is CC(C)[C@H](C(=O)NCC(F)(F)F)N1CCc2cnc(C3=c4cc[nH]c4=NCC3)nc21. The van der Waals surface area contributed by atoms with Crippen LogP contribution >= 0.6 is 0 Å². The normalized spacial score (nSPS) is 16.9. The second-order valence-corrected chi connectivity index (χ2v) is 7.86. The van der Waals surface area contributed by atoms with Gasteiger partial charge in [-0.3, -0.25) is 9.79 Å². The molecule has 4 rings (SSSR count). The Labute approximate surface area is 171 Å². The average Bonchev–Trinajstić information content (AvgIpc) is 3.32. The number of rotatable bonds is 5. The van der Waals surface area contributed by atoms with E-state index in [1.807, 2.05) is 36.3 Å². The van der Waals surface area contributed by atoms with Crippen LogP contribution in [0.1, 0.15) is 31.7 Å². The number of H-pyrrole nitrogens is 1. The van der Waals surface area contributed by atoms with Gasteiger partial charge in [0.1, 0.15) is 23.9 Å². The Bertz CT molecular complexity index is 1070. The Balaban J connectivity index is 1.68. The first-order valence-electron chi connectivity index (χ1n) is 9.93. The van der Waals surface area contributed by atoms with Crippen molar-refractivity contribution in [2.24, 2.45) is 10.9 Å². The molecule has 2 aromatic heterocycles. The molecule has 2 N–H and O–H groups in total. The van der Waals surface area contributed by atoms with E-state index in [4.69, 9.17) is 4.98 Å². The summed E-state index contributed by atoms with van der Waals surface area (Å²) in [5, 5.41) is 2.98. The Morgan fingerprint density at radius 1 is 1.33 bits per heavy atom. The van der Waals surface area contributed by atoms with E-state index >= 15 is 0 Å². The first kappa shape index (κ1) is 20.4. The summed E-state index contributed by atoms with van der Waals surface area (Å²) >= 11 is 0. The molecule has 0 fully saturated rings. The van der Waals surface area contributed by atoms with Crippen LogP contribution in [0, 0.1) is 5.92 Å². The summed E-state index contributed by atoms with van der Waals surface area (Å²) in [5.41, 5.74) is 2.66. The summed E-state index contributed by atoms with van der Waals surface area (Å²) in [7, 11) is 0. The predicted molar refractivity (Wildman–Crippen MR) is 104 cm³/mol. The van der Waals surface area contributed by atoms with Gasteiger partial charge in [0.05, 0.1) is 0 Å². The smallest absolute Gasteiger partial charge is 0.346 e. The fraction of sp³-hybridized carbons (Fsp3) is 0.500. The molecule has 0 radical (unpaired) electrons. The molecule has 1 atom stereocenters. The largest absolute Gasteiger partial charge is 0.405 e. The molecule has 1 amide bonds. The molecule has 7 nitrogen and oxygen atoms in total. The number of carbonyl (C=O) groups is 1.